The number of carbonyl (C=O) groups excluding carboxylic acids is 2. The quantitative estimate of drug-likeness (QED) is 0.562. The molecule has 1 aromatic carbocycles. The lowest BCUT2D eigenvalue weighted by molar-refractivity contribution is 0.0473. The van der Waals surface area contributed by atoms with Gasteiger partial charge in [0, 0.05) is 5.56 Å². The minimum Gasteiger partial charge on any atom is -0.493 e. The first-order chi connectivity index (χ1) is 11.9. The van der Waals surface area contributed by atoms with Crippen LogP contribution in [0.3, 0.4) is 0 Å². The van der Waals surface area contributed by atoms with Crippen LogP contribution in [0.4, 0.5) is 0 Å². The molecule has 0 aliphatic carbocycles. The van der Waals surface area contributed by atoms with Crippen LogP contribution >= 0.6 is 0 Å². The van der Waals surface area contributed by atoms with Gasteiger partial charge in [0.2, 0.25) is 11.5 Å². The van der Waals surface area contributed by atoms with E-state index >= 15 is 0 Å². The van der Waals surface area contributed by atoms with Crippen molar-refractivity contribution in [2.24, 2.45) is 0 Å². The van der Waals surface area contributed by atoms with Gasteiger partial charge in [-0.2, -0.15) is 0 Å². The van der Waals surface area contributed by atoms with E-state index in [-0.39, 0.29) is 5.56 Å². The fraction of sp³-hybridized carbons (Fsp3) is 0.333. The summed E-state index contributed by atoms with van der Waals surface area (Å²) in [5, 5.41) is 0. The normalized spacial score (nSPS) is 10.3. The lowest BCUT2D eigenvalue weighted by Gasteiger charge is -2.13. The maximum absolute atomic E-state index is 12.4. The van der Waals surface area contributed by atoms with Crippen molar-refractivity contribution in [3.8, 4) is 17.2 Å². The van der Waals surface area contributed by atoms with Crippen LogP contribution in [0, 0.1) is 13.8 Å². The summed E-state index contributed by atoms with van der Waals surface area (Å²) in [6.45, 7) is 2.97. The Hall–Kier alpha value is -2.96. The van der Waals surface area contributed by atoms with Crippen molar-refractivity contribution in [2.45, 2.75) is 13.8 Å². The summed E-state index contributed by atoms with van der Waals surface area (Å²) < 4.78 is 26.0. The molecule has 0 aliphatic rings. The third-order valence-corrected chi connectivity index (χ3v) is 3.58. The van der Waals surface area contributed by atoms with Crippen LogP contribution in [-0.4, -0.2) is 39.7 Å². The molecule has 1 heterocycles. The van der Waals surface area contributed by atoms with Crippen LogP contribution < -0.4 is 14.2 Å². The number of furan rings is 1. The first-order valence-electron chi connectivity index (χ1n) is 7.48. The third kappa shape index (κ3) is 3.93. The van der Waals surface area contributed by atoms with Gasteiger partial charge in [-0.15, -0.1) is 0 Å². The lowest BCUT2D eigenvalue weighted by Crippen LogP contribution is -2.15. The average molecular weight is 348 g/mol. The molecule has 134 valence electrons. The predicted molar refractivity (Wildman–Crippen MR) is 88.9 cm³/mol. The van der Waals surface area contributed by atoms with E-state index in [4.69, 9.17) is 23.4 Å². The molecule has 0 atom stereocenters. The fourth-order valence-corrected chi connectivity index (χ4v) is 2.37. The van der Waals surface area contributed by atoms with E-state index in [2.05, 4.69) is 0 Å². The van der Waals surface area contributed by atoms with Gasteiger partial charge >= 0.3 is 5.97 Å². The van der Waals surface area contributed by atoms with Gasteiger partial charge in [-0.25, -0.2) is 4.79 Å². The number of rotatable bonds is 7. The minimum absolute atomic E-state index is 0.280. The number of methoxy groups -OCH3 is 3. The van der Waals surface area contributed by atoms with Gasteiger partial charge in [0.15, 0.2) is 18.1 Å². The maximum Gasteiger partial charge on any atom is 0.342 e. The molecule has 25 heavy (non-hydrogen) atoms. The number of carbonyl (C=O) groups is 2. The van der Waals surface area contributed by atoms with Crippen LogP contribution in [0.15, 0.2) is 22.6 Å². The molecule has 0 spiro atoms. The Balaban J connectivity index is 2.15. The highest BCUT2D eigenvalue weighted by Gasteiger charge is 2.20. The van der Waals surface area contributed by atoms with Crippen LogP contribution in [0.5, 0.6) is 17.2 Å². The number of ether oxygens (including phenoxy) is 4. The minimum atomic E-state index is -0.616. The molecule has 2 aromatic rings. The Morgan fingerprint density at radius 2 is 1.56 bits per heavy atom. The standard InChI is InChI=1S/C18H20O7/c1-10-6-13(11(2)25-10)18(20)24-9-14(19)12-7-15(21-3)17(23-5)16(8-12)22-4/h6-8H,9H2,1-5H3. The van der Waals surface area contributed by atoms with Crippen molar-refractivity contribution < 1.29 is 33.0 Å². The van der Waals surface area contributed by atoms with E-state index in [1.165, 1.54) is 33.5 Å². The molecule has 0 N–H and O–H groups in total. The molecule has 0 radical (unpaired) electrons. The summed E-state index contributed by atoms with van der Waals surface area (Å²) in [6.07, 6.45) is 0. The molecule has 0 amide bonds. The van der Waals surface area contributed by atoms with Crippen LogP contribution in [0.2, 0.25) is 0 Å². The number of ketones is 1. The summed E-state index contributed by atoms with van der Waals surface area (Å²) in [6, 6.07) is 4.58. The van der Waals surface area contributed by atoms with Crippen molar-refractivity contribution in [3.63, 3.8) is 0 Å². The third-order valence-electron chi connectivity index (χ3n) is 3.58. The second kappa shape index (κ2) is 7.74. The van der Waals surface area contributed by atoms with E-state index in [0.717, 1.165) is 0 Å². The van der Waals surface area contributed by atoms with Crippen molar-refractivity contribution in [1.82, 2.24) is 0 Å². The van der Waals surface area contributed by atoms with Crippen molar-refractivity contribution >= 4 is 11.8 Å². The number of hydrogen-bond donors (Lipinski definition) is 0. The van der Waals surface area contributed by atoms with Gasteiger partial charge in [0.25, 0.3) is 0 Å². The number of hydrogen-bond acceptors (Lipinski definition) is 7. The molecule has 7 nitrogen and oxygen atoms in total. The highest BCUT2D eigenvalue weighted by Crippen LogP contribution is 2.38. The number of esters is 1. The lowest BCUT2D eigenvalue weighted by atomic mass is 10.1. The largest absolute Gasteiger partial charge is 0.493 e. The zero-order chi connectivity index (χ0) is 18.6. The molecule has 1 aromatic heterocycles. The molecule has 0 unspecified atom stereocenters. The number of Topliss-reactive ketones (excluding diaryl/α,β-unsaturated/α-hetero) is 1. The topological polar surface area (TPSA) is 84.2 Å². The molecule has 0 bridgehead atoms. The number of aryl methyl sites for hydroxylation is 2. The Bertz CT molecular complexity index is 764. The van der Waals surface area contributed by atoms with Crippen molar-refractivity contribution in [2.75, 3.05) is 27.9 Å². The van der Waals surface area contributed by atoms with Gasteiger partial charge in [-0.3, -0.25) is 4.79 Å². The van der Waals surface area contributed by atoms with Crippen molar-refractivity contribution in [3.05, 3.63) is 40.8 Å². The monoisotopic (exact) mass is 348 g/mol. The fourth-order valence-electron chi connectivity index (χ4n) is 2.37. The van der Waals surface area contributed by atoms with Crippen LogP contribution in [0.25, 0.3) is 0 Å². The summed E-state index contributed by atoms with van der Waals surface area (Å²) in [4.78, 5) is 24.4. The van der Waals surface area contributed by atoms with Crippen molar-refractivity contribution in [1.29, 1.82) is 0 Å². The Labute approximate surface area is 145 Å². The summed E-state index contributed by atoms with van der Waals surface area (Å²) in [5.74, 6) is 1.10. The van der Waals surface area contributed by atoms with Gasteiger partial charge < -0.3 is 23.4 Å². The molecule has 2 rings (SSSR count). The molecule has 0 saturated heterocycles. The molecular weight excluding hydrogens is 328 g/mol. The SMILES string of the molecule is COc1cc(C(=O)COC(=O)c2cc(C)oc2C)cc(OC)c1OC. The summed E-state index contributed by atoms with van der Waals surface area (Å²) in [7, 11) is 4.38. The van der Waals surface area contributed by atoms with Gasteiger partial charge in [0.1, 0.15) is 17.1 Å². The summed E-state index contributed by atoms with van der Waals surface area (Å²) >= 11 is 0. The Morgan fingerprint density at radius 3 is 2.00 bits per heavy atom. The van der Waals surface area contributed by atoms with Gasteiger partial charge in [-0.05, 0) is 32.0 Å². The first-order valence-corrected chi connectivity index (χ1v) is 7.48. The molecule has 0 fully saturated rings. The first kappa shape index (κ1) is 18.4. The predicted octanol–water partition coefficient (Wildman–Crippen LogP) is 2.96. The van der Waals surface area contributed by atoms with E-state index in [0.29, 0.717) is 34.3 Å². The van der Waals surface area contributed by atoms with Crippen LogP contribution in [0.1, 0.15) is 32.2 Å². The van der Waals surface area contributed by atoms with E-state index in [9.17, 15) is 9.59 Å². The second-order valence-corrected chi connectivity index (χ2v) is 5.24. The van der Waals surface area contributed by atoms with Gasteiger partial charge in [-0.1, -0.05) is 0 Å². The van der Waals surface area contributed by atoms with E-state index in [1.807, 2.05) is 0 Å². The Morgan fingerprint density at radius 1 is 0.960 bits per heavy atom. The number of benzene rings is 1. The zero-order valence-electron chi connectivity index (χ0n) is 14.8. The smallest absolute Gasteiger partial charge is 0.342 e. The maximum atomic E-state index is 12.4. The van der Waals surface area contributed by atoms with Crippen LogP contribution in [-0.2, 0) is 4.74 Å². The van der Waals surface area contributed by atoms with E-state index in [1.54, 1.807) is 19.9 Å². The molecule has 0 saturated carbocycles. The molecule has 7 heteroatoms. The van der Waals surface area contributed by atoms with Gasteiger partial charge in [0.05, 0.1) is 21.3 Å². The molecule has 0 aliphatic heterocycles. The second-order valence-electron chi connectivity index (χ2n) is 5.24. The highest BCUT2D eigenvalue weighted by molar-refractivity contribution is 6.00. The molecular formula is C18H20O7. The van der Waals surface area contributed by atoms with E-state index < -0.39 is 18.4 Å². The zero-order valence-corrected chi connectivity index (χ0v) is 14.8. The summed E-state index contributed by atoms with van der Waals surface area (Å²) in [5.41, 5.74) is 0.581. The highest BCUT2D eigenvalue weighted by atomic mass is 16.5. The Kier molecular flexibility index (Phi) is 5.69. The average Bonchev–Trinajstić information content (AvgIpc) is 2.96.